The van der Waals surface area contributed by atoms with Crippen LogP contribution in [0.2, 0.25) is 0 Å². The van der Waals surface area contributed by atoms with Crippen LogP contribution in [0.1, 0.15) is 31.7 Å². The van der Waals surface area contributed by atoms with E-state index in [1.54, 1.807) is 3.57 Å². The van der Waals surface area contributed by atoms with E-state index in [-0.39, 0.29) is 0 Å². The van der Waals surface area contributed by atoms with E-state index in [9.17, 15) is 0 Å². The summed E-state index contributed by atoms with van der Waals surface area (Å²) in [5, 5.41) is 8.01. The summed E-state index contributed by atoms with van der Waals surface area (Å²) in [6.45, 7) is 10.7. The van der Waals surface area contributed by atoms with Crippen molar-refractivity contribution < 1.29 is 22.8 Å². The first kappa shape index (κ1) is 25.3. The Bertz CT molecular complexity index is 2520. The van der Waals surface area contributed by atoms with Gasteiger partial charge in [-0.05, 0) is 0 Å². The number of aromatic amines is 1. The summed E-state index contributed by atoms with van der Waals surface area (Å²) >= 11 is -2.46. The average molecular weight is 673 g/mol. The van der Waals surface area contributed by atoms with Gasteiger partial charge < -0.3 is 0 Å². The molecule has 9 rings (SSSR count). The van der Waals surface area contributed by atoms with E-state index in [0.717, 1.165) is 11.2 Å². The van der Waals surface area contributed by atoms with Crippen LogP contribution in [0.25, 0.3) is 60.7 Å². The van der Waals surface area contributed by atoms with Crippen LogP contribution in [0, 0.1) is 24.3 Å². The van der Waals surface area contributed by atoms with E-state index in [1.165, 1.54) is 75.7 Å². The van der Waals surface area contributed by atoms with Crippen LogP contribution >= 0.6 is 0 Å². The Morgan fingerprint density at radius 3 is 2.60 bits per heavy atom. The van der Waals surface area contributed by atoms with E-state index in [0.29, 0.717) is 3.92 Å². The normalized spacial score (nSPS) is 20.0. The molecule has 0 spiro atoms. The second-order valence-electron chi connectivity index (χ2n) is 12.3. The van der Waals surface area contributed by atoms with E-state index in [4.69, 9.17) is 4.98 Å². The van der Waals surface area contributed by atoms with Crippen LogP contribution in [0.15, 0.2) is 92.0 Å². The van der Waals surface area contributed by atoms with Crippen LogP contribution in [0.5, 0.6) is 0 Å². The molecule has 0 bridgehead atoms. The molecule has 1 aliphatic rings. The van der Waals surface area contributed by atoms with Gasteiger partial charge in [0, 0.05) is 0 Å². The third-order valence-corrected chi connectivity index (χ3v) is 19.3. The van der Waals surface area contributed by atoms with E-state index >= 15 is 0 Å². The zero-order valence-electron chi connectivity index (χ0n) is 24.9. The predicted octanol–water partition coefficient (Wildman–Crippen LogP) is 5.30. The molecular weight excluding hydrogens is 639 g/mol. The van der Waals surface area contributed by atoms with Gasteiger partial charge in [0.15, 0.2) is 0 Å². The fraction of sp³-hybridized carbons (Fsp3) is 0.158. The number of hydrogen-bond acceptors (Lipinski definition) is 1. The van der Waals surface area contributed by atoms with Gasteiger partial charge in [-0.1, -0.05) is 0 Å². The molecule has 5 heterocycles. The summed E-state index contributed by atoms with van der Waals surface area (Å²) in [4.78, 5) is 11.2. The molecule has 2 unspecified atom stereocenters. The zero-order chi connectivity index (χ0) is 29.2. The molecule has 5 heteroatoms. The zero-order valence-corrected chi connectivity index (χ0v) is 27.0. The van der Waals surface area contributed by atoms with Gasteiger partial charge >= 0.3 is 255 Å². The summed E-state index contributed by atoms with van der Waals surface area (Å²) < 4.78 is 8.11. The summed E-state index contributed by atoms with van der Waals surface area (Å²) in [7, 11) is 0. The number of fused-ring (bicyclic) bond motifs is 12. The van der Waals surface area contributed by atoms with Crippen molar-refractivity contribution in [2.75, 3.05) is 9.36 Å². The Kier molecular flexibility index (Phi) is 5.09. The summed E-state index contributed by atoms with van der Waals surface area (Å²) in [6, 6.07) is 23.2. The van der Waals surface area contributed by atoms with Gasteiger partial charge in [0.1, 0.15) is 0 Å². The number of H-pyrrole nitrogens is 1. The van der Waals surface area contributed by atoms with Gasteiger partial charge in [-0.3, -0.25) is 0 Å². The molecular formula is C38H33IN4. The maximum absolute atomic E-state index is 4.98. The summed E-state index contributed by atoms with van der Waals surface area (Å²) in [5.41, 5.74) is 11.3. The summed E-state index contributed by atoms with van der Waals surface area (Å²) in [5.74, 6) is 0. The fourth-order valence-corrected chi connectivity index (χ4v) is 19.1. The van der Waals surface area contributed by atoms with Gasteiger partial charge in [-0.25, -0.2) is 0 Å². The Labute approximate surface area is 254 Å². The van der Waals surface area contributed by atoms with Crippen LogP contribution in [0.3, 0.4) is 0 Å². The number of alkyl halides is 3. The third kappa shape index (κ3) is 3.31. The van der Waals surface area contributed by atoms with Crippen molar-refractivity contribution in [1.29, 1.82) is 0 Å². The Balaban J connectivity index is 1.33. The number of rotatable bonds is 3. The van der Waals surface area contributed by atoms with E-state index < -0.39 is 18.4 Å². The third-order valence-electron chi connectivity index (χ3n) is 9.70. The SMILES string of the molecule is C=Cc1cc(C)c2c(c1)c1cccc([I-]3(C)CC3c3cccc4c5cc(C)cc(C)c5[n+]5cc[nH]c5c34)c1c1nccn12. The predicted molar refractivity (Wildman–Crippen MR) is 176 cm³/mol. The second kappa shape index (κ2) is 8.66. The van der Waals surface area contributed by atoms with Gasteiger partial charge in [0.25, 0.3) is 0 Å². The molecule has 0 aliphatic carbocycles. The van der Waals surface area contributed by atoms with Crippen molar-refractivity contribution in [2.24, 2.45) is 0 Å². The molecule has 8 aromatic rings. The van der Waals surface area contributed by atoms with Gasteiger partial charge in [-0.2, -0.15) is 0 Å². The minimum atomic E-state index is -2.46. The molecule has 212 valence electrons. The molecule has 4 nitrogen and oxygen atoms in total. The molecule has 4 aromatic carbocycles. The number of aryl methyl sites for hydroxylation is 3. The Morgan fingerprint density at radius 1 is 0.953 bits per heavy atom. The number of nitrogens with zero attached hydrogens (tertiary/aromatic N) is 3. The number of benzene rings is 4. The van der Waals surface area contributed by atoms with Crippen LogP contribution < -0.4 is 22.8 Å². The topological polar surface area (TPSA) is 37.2 Å². The standard InChI is InChI=1S/C38H32IN4/c1-6-25-19-24(4)36-30(20-25)27-10-8-12-31(34(27)38-41-14-16-43(36)38)39(5)21-32(39)28-11-7-9-26-29-18-22(2)17-23(3)35(29)42-15-13-40-37(42)33(26)28/h6-20,32H,1,21H2,2-5H3/q-1/p+1. The monoisotopic (exact) mass is 672 g/mol. The first-order chi connectivity index (χ1) is 20.9. The Morgan fingerprint density at radius 2 is 1.77 bits per heavy atom. The van der Waals surface area contributed by atoms with Crippen LogP contribution in [-0.4, -0.2) is 23.7 Å². The number of halogens is 1. The van der Waals surface area contributed by atoms with Gasteiger partial charge in [0.2, 0.25) is 0 Å². The molecule has 1 N–H and O–H groups in total. The van der Waals surface area contributed by atoms with Crippen LogP contribution in [-0.2, 0) is 0 Å². The number of pyridine rings is 2. The Hall–Kier alpha value is -4.23. The number of aromatic nitrogens is 4. The summed E-state index contributed by atoms with van der Waals surface area (Å²) in [6.07, 6.45) is 10.3. The van der Waals surface area contributed by atoms with E-state index in [1.807, 2.05) is 12.3 Å². The maximum atomic E-state index is 4.98. The number of nitrogens with one attached hydrogen (secondary N) is 1. The average Bonchev–Trinajstić information content (AvgIpc) is 3.33. The number of imidazole rings is 2. The molecule has 4 aromatic heterocycles. The van der Waals surface area contributed by atoms with Gasteiger partial charge in [-0.15, -0.1) is 0 Å². The van der Waals surface area contributed by atoms with Gasteiger partial charge in [0.05, 0.1) is 0 Å². The molecule has 0 saturated carbocycles. The molecule has 0 amide bonds. The molecule has 0 radical (unpaired) electrons. The second-order valence-corrected chi connectivity index (χ2v) is 22.0. The van der Waals surface area contributed by atoms with Crippen molar-refractivity contribution in [2.45, 2.75) is 24.7 Å². The molecule has 1 fully saturated rings. The molecule has 43 heavy (non-hydrogen) atoms. The first-order valence-corrected chi connectivity index (χ1v) is 20.8. The van der Waals surface area contributed by atoms with Crippen molar-refractivity contribution in [3.8, 4) is 0 Å². The van der Waals surface area contributed by atoms with Crippen LogP contribution in [0.4, 0.5) is 0 Å². The number of hydrogen-bond donors (Lipinski definition) is 1. The van der Waals surface area contributed by atoms with E-state index in [2.05, 4.69) is 125 Å². The fourth-order valence-electron chi connectivity index (χ4n) is 7.79. The van der Waals surface area contributed by atoms with Crippen molar-refractivity contribution in [3.63, 3.8) is 0 Å². The molecule has 1 aliphatic heterocycles. The van der Waals surface area contributed by atoms with Crippen molar-refractivity contribution >= 4 is 60.7 Å². The molecule has 2 atom stereocenters. The van der Waals surface area contributed by atoms with Crippen molar-refractivity contribution in [3.05, 3.63) is 123 Å². The molecule has 1 saturated heterocycles. The quantitative estimate of drug-likeness (QED) is 0.118. The first-order valence-electron chi connectivity index (χ1n) is 14.8. The van der Waals surface area contributed by atoms with Crippen molar-refractivity contribution in [1.82, 2.24) is 14.4 Å². The minimum absolute atomic E-state index is 0.573.